The third kappa shape index (κ3) is 2.46. The monoisotopic (exact) mass is 156 g/mol. The van der Waals surface area contributed by atoms with Gasteiger partial charge >= 0.3 is 0 Å². The van der Waals surface area contributed by atoms with Crippen molar-refractivity contribution in [1.29, 1.82) is 0 Å². The molecule has 1 fully saturated rings. The van der Waals surface area contributed by atoms with Gasteiger partial charge in [0.1, 0.15) is 0 Å². The summed E-state index contributed by atoms with van der Waals surface area (Å²) >= 11 is 0. The van der Waals surface area contributed by atoms with E-state index in [2.05, 4.69) is 30.8 Å². The molecule has 0 bridgehead atoms. The second-order valence-electron chi connectivity index (χ2n) is 3.61. The van der Waals surface area contributed by atoms with Gasteiger partial charge in [0.15, 0.2) is 0 Å². The van der Waals surface area contributed by atoms with Gasteiger partial charge < -0.3 is 9.80 Å². The van der Waals surface area contributed by atoms with Gasteiger partial charge in [-0.2, -0.15) is 0 Å². The van der Waals surface area contributed by atoms with Crippen molar-refractivity contribution < 1.29 is 0 Å². The lowest BCUT2D eigenvalue weighted by atomic mass is 10.0. The molecule has 66 valence electrons. The average Bonchev–Trinajstić information content (AvgIpc) is 2.05. The van der Waals surface area contributed by atoms with Crippen LogP contribution >= 0.6 is 0 Å². The Morgan fingerprint density at radius 2 is 1.91 bits per heavy atom. The molecule has 0 unspecified atom stereocenters. The first kappa shape index (κ1) is 9.01. The van der Waals surface area contributed by atoms with Gasteiger partial charge in [0, 0.05) is 6.04 Å². The first-order valence-corrected chi connectivity index (χ1v) is 4.62. The van der Waals surface area contributed by atoms with Crippen molar-refractivity contribution in [3.8, 4) is 0 Å². The smallest absolute Gasteiger partial charge is 0.0116 e. The molecule has 0 aromatic rings. The van der Waals surface area contributed by atoms with Gasteiger partial charge in [-0.1, -0.05) is 6.92 Å². The molecule has 2 nitrogen and oxygen atoms in total. The van der Waals surface area contributed by atoms with Gasteiger partial charge in [-0.05, 0) is 46.6 Å². The van der Waals surface area contributed by atoms with E-state index in [0.29, 0.717) is 0 Å². The second kappa shape index (κ2) is 4.07. The molecule has 1 saturated heterocycles. The Morgan fingerprint density at radius 1 is 1.36 bits per heavy atom. The predicted molar refractivity (Wildman–Crippen MR) is 48.8 cm³/mol. The maximum Gasteiger partial charge on any atom is 0.0116 e. The van der Waals surface area contributed by atoms with E-state index in [4.69, 9.17) is 0 Å². The molecular weight excluding hydrogens is 136 g/mol. The number of hydrogen-bond donors (Lipinski definition) is 0. The van der Waals surface area contributed by atoms with Crippen LogP contribution < -0.4 is 0 Å². The molecule has 0 saturated carbocycles. The van der Waals surface area contributed by atoms with Crippen LogP contribution in [0.5, 0.6) is 0 Å². The van der Waals surface area contributed by atoms with Crippen LogP contribution in [0.3, 0.4) is 0 Å². The zero-order valence-corrected chi connectivity index (χ0v) is 8.01. The maximum atomic E-state index is 2.47. The SMILES string of the molecule is CCN(C)C1CCN(C)CC1. The Bertz CT molecular complexity index is 106. The average molecular weight is 156 g/mol. The Hall–Kier alpha value is -0.0800. The minimum Gasteiger partial charge on any atom is -0.306 e. The minimum atomic E-state index is 0.844. The molecule has 0 radical (unpaired) electrons. The number of rotatable bonds is 2. The standard InChI is InChI=1S/C9H20N2/c1-4-11(3)9-5-7-10(2)8-6-9/h9H,4-8H2,1-3H3. The Kier molecular flexibility index (Phi) is 3.34. The molecule has 2 heteroatoms. The summed E-state index contributed by atoms with van der Waals surface area (Å²) in [5.41, 5.74) is 0. The molecule has 1 rings (SSSR count). The van der Waals surface area contributed by atoms with Crippen molar-refractivity contribution in [2.75, 3.05) is 33.7 Å². The molecule has 0 spiro atoms. The summed E-state index contributed by atoms with van der Waals surface area (Å²) in [6.07, 6.45) is 2.70. The van der Waals surface area contributed by atoms with Crippen LogP contribution in [0.25, 0.3) is 0 Å². The molecule has 0 atom stereocenters. The van der Waals surface area contributed by atoms with Crippen LogP contribution in [0.2, 0.25) is 0 Å². The molecule has 0 aromatic carbocycles. The lowest BCUT2D eigenvalue weighted by Crippen LogP contribution is -2.41. The summed E-state index contributed by atoms with van der Waals surface area (Å²) < 4.78 is 0. The Balaban J connectivity index is 2.27. The van der Waals surface area contributed by atoms with E-state index in [0.717, 1.165) is 6.04 Å². The van der Waals surface area contributed by atoms with E-state index in [1.54, 1.807) is 0 Å². The van der Waals surface area contributed by atoms with Crippen molar-refractivity contribution >= 4 is 0 Å². The van der Waals surface area contributed by atoms with Crippen molar-refractivity contribution in [2.45, 2.75) is 25.8 Å². The summed E-state index contributed by atoms with van der Waals surface area (Å²) in [4.78, 5) is 4.88. The molecule has 1 aliphatic heterocycles. The summed E-state index contributed by atoms with van der Waals surface area (Å²) in [5.74, 6) is 0. The highest BCUT2D eigenvalue weighted by atomic mass is 15.2. The summed E-state index contributed by atoms with van der Waals surface area (Å²) in [7, 11) is 4.44. The van der Waals surface area contributed by atoms with Gasteiger partial charge in [0.25, 0.3) is 0 Å². The normalized spacial score (nSPS) is 22.9. The zero-order valence-electron chi connectivity index (χ0n) is 8.01. The number of hydrogen-bond acceptors (Lipinski definition) is 2. The second-order valence-corrected chi connectivity index (χ2v) is 3.61. The highest BCUT2D eigenvalue weighted by Crippen LogP contribution is 2.13. The summed E-state index contributed by atoms with van der Waals surface area (Å²) in [6, 6.07) is 0.844. The predicted octanol–water partition coefficient (Wildman–Crippen LogP) is 1.03. The van der Waals surface area contributed by atoms with E-state index < -0.39 is 0 Å². The topological polar surface area (TPSA) is 6.48 Å². The Morgan fingerprint density at radius 3 is 2.36 bits per heavy atom. The van der Waals surface area contributed by atoms with E-state index in [9.17, 15) is 0 Å². The van der Waals surface area contributed by atoms with Gasteiger partial charge in [0.2, 0.25) is 0 Å². The molecule has 0 N–H and O–H groups in total. The van der Waals surface area contributed by atoms with Crippen LogP contribution in [0.15, 0.2) is 0 Å². The van der Waals surface area contributed by atoms with Crippen molar-refractivity contribution in [2.24, 2.45) is 0 Å². The molecule has 0 aromatic heterocycles. The first-order chi connectivity index (χ1) is 5.24. The largest absolute Gasteiger partial charge is 0.306 e. The fourth-order valence-corrected chi connectivity index (χ4v) is 1.69. The Labute approximate surface area is 70.2 Å². The third-order valence-corrected chi connectivity index (χ3v) is 2.81. The highest BCUT2D eigenvalue weighted by Gasteiger charge is 2.18. The summed E-state index contributed by atoms with van der Waals surface area (Å²) in [6.45, 7) is 5.97. The summed E-state index contributed by atoms with van der Waals surface area (Å²) in [5, 5.41) is 0. The van der Waals surface area contributed by atoms with Crippen LogP contribution in [0, 0.1) is 0 Å². The molecular formula is C9H20N2. The van der Waals surface area contributed by atoms with E-state index in [-0.39, 0.29) is 0 Å². The van der Waals surface area contributed by atoms with Crippen molar-refractivity contribution in [3.05, 3.63) is 0 Å². The van der Waals surface area contributed by atoms with E-state index in [1.807, 2.05) is 0 Å². The molecule has 0 aliphatic carbocycles. The lowest BCUT2D eigenvalue weighted by molar-refractivity contribution is 0.149. The van der Waals surface area contributed by atoms with Gasteiger partial charge in [0.05, 0.1) is 0 Å². The number of likely N-dealkylation sites (tertiary alicyclic amines) is 1. The van der Waals surface area contributed by atoms with Crippen LogP contribution in [0.4, 0.5) is 0 Å². The minimum absolute atomic E-state index is 0.844. The third-order valence-electron chi connectivity index (χ3n) is 2.81. The van der Waals surface area contributed by atoms with Crippen LogP contribution in [-0.2, 0) is 0 Å². The van der Waals surface area contributed by atoms with Crippen LogP contribution in [0.1, 0.15) is 19.8 Å². The number of piperidine rings is 1. The van der Waals surface area contributed by atoms with Crippen LogP contribution in [-0.4, -0.2) is 49.6 Å². The quantitative estimate of drug-likeness (QED) is 0.589. The van der Waals surface area contributed by atoms with Gasteiger partial charge in [-0.25, -0.2) is 0 Å². The van der Waals surface area contributed by atoms with Crippen molar-refractivity contribution in [3.63, 3.8) is 0 Å². The highest BCUT2D eigenvalue weighted by molar-refractivity contribution is 4.75. The lowest BCUT2D eigenvalue weighted by Gasteiger charge is -2.34. The van der Waals surface area contributed by atoms with Gasteiger partial charge in [-0.3, -0.25) is 0 Å². The fraction of sp³-hybridized carbons (Fsp3) is 1.00. The van der Waals surface area contributed by atoms with E-state index in [1.165, 1.54) is 32.5 Å². The van der Waals surface area contributed by atoms with E-state index >= 15 is 0 Å². The molecule has 0 amide bonds. The first-order valence-electron chi connectivity index (χ1n) is 4.62. The number of nitrogens with zero attached hydrogens (tertiary/aromatic N) is 2. The molecule has 1 aliphatic rings. The molecule has 11 heavy (non-hydrogen) atoms. The zero-order chi connectivity index (χ0) is 8.27. The van der Waals surface area contributed by atoms with Gasteiger partial charge in [-0.15, -0.1) is 0 Å². The molecule has 1 heterocycles. The fourth-order valence-electron chi connectivity index (χ4n) is 1.69. The maximum absolute atomic E-state index is 2.47. The van der Waals surface area contributed by atoms with Crippen molar-refractivity contribution in [1.82, 2.24) is 9.80 Å².